The van der Waals surface area contributed by atoms with Crippen LogP contribution in [0.5, 0.6) is 0 Å². The molecule has 3 aromatic rings. The van der Waals surface area contributed by atoms with Gasteiger partial charge >= 0.3 is 0 Å². The highest BCUT2D eigenvalue weighted by Crippen LogP contribution is 2.23. The first kappa shape index (κ1) is 13.5. The maximum Gasteiger partial charge on any atom is 0.261 e. The van der Waals surface area contributed by atoms with Crippen LogP contribution in [0.4, 0.5) is 4.39 Å². The molecule has 1 amide bonds. The van der Waals surface area contributed by atoms with E-state index in [1.807, 2.05) is 11.4 Å². The van der Waals surface area contributed by atoms with Gasteiger partial charge in [0, 0.05) is 6.07 Å². The number of nitrogens with one attached hydrogen (secondary N) is 1. The van der Waals surface area contributed by atoms with Crippen molar-refractivity contribution in [1.82, 2.24) is 10.5 Å². The van der Waals surface area contributed by atoms with Crippen LogP contribution in [0.15, 0.2) is 52.4 Å². The fraction of sp³-hybridized carbons (Fsp3) is 0.0667. The number of nitrogens with zero attached hydrogens (tertiary/aromatic N) is 1. The van der Waals surface area contributed by atoms with Crippen LogP contribution in [-0.4, -0.2) is 11.1 Å². The summed E-state index contributed by atoms with van der Waals surface area (Å²) >= 11 is 1.36. The average molecular weight is 302 g/mol. The number of hydrogen-bond donors (Lipinski definition) is 1. The molecule has 0 saturated heterocycles. The number of hydrogen-bond acceptors (Lipinski definition) is 4. The van der Waals surface area contributed by atoms with Crippen LogP contribution in [-0.2, 0) is 6.54 Å². The number of thiophene rings is 1. The molecule has 1 N–H and O–H groups in total. The molecule has 0 aliphatic heterocycles. The second kappa shape index (κ2) is 5.88. The lowest BCUT2D eigenvalue weighted by atomic mass is 10.1. The SMILES string of the molecule is O=C(NCc1cc(-c2ccccc2F)on1)c1cccs1. The Balaban J connectivity index is 1.69. The van der Waals surface area contributed by atoms with Crippen LogP contribution in [0.3, 0.4) is 0 Å². The number of halogens is 1. The van der Waals surface area contributed by atoms with Gasteiger partial charge in [-0.3, -0.25) is 4.79 Å². The molecule has 6 heteroatoms. The number of carbonyl (C=O) groups is 1. The van der Waals surface area contributed by atoms with Crippen molar-refractivity contribution in [3.63, 3.8) is 0 Å². The average Bonchev–Trinajstić information content (AvgIpc) is 3.17. The zero-order valence-corrected chi connectivity index (χ0v) is 11.7. The molecule has 0 saturated carbocycles. The predicted octanol–water partition coefficient (Wildman–Crippen LogP) is 3.47. The van der Waals surface area contributed by atoms with Crippen molar-refractivity contribution in [2.45, 2.75) is 6.54 Å². The molecule has 0 radical (unpaired) electrons. The highest BCUT2D eigenvalue weighted by molar-refractivity contribution is 7.12. The minimum atomic E-state index is -0.372. The molecule has 4 nitrogen and oxygen atoms in total. The van der Waals surface area contributed by atoms with E-state index in [2.05, 4.69) is 10.5 Å². The molecule has 2 heterocycles. The van der Waals surface area contributed by atoms with E-state index in [-0.39, 0.29) is 18.3 Å². The van der Waals surface area contributed by atoms with E-state index >= 15 is 0 Å². The molecule has 3 rings (SSSR count). The summed E-state index contributed by atoms with van der Waals surface area (Å²) in [5.41, 5.74) is 0.888. The highest BCUT2D eigenvalue weighted by atomic mass is 32.1. The van der Waals surface area contributed by atoms with Gasteiger partial charge in [-0.2, -0.15) is 0 Å². The lowest BCUT2D eigenvalue weighted by Gasteiger charge is -1.99. The van der Waals surface area contributed by atoms with E-state index in [9.17, 15) is 9.18 Å². The minimum Gasteiger partial charge on any atom is -0.356 e. The number of amides is 1. The molecule has 0 fully saturated rings. The minimum absolute atomic E-state index is 0.166. The molecule has 0 aliphatic carbocycles. The Kier molecular flexibility index (Phi) is 3.79. The zero-order chi connectivity index (χ0) is 14.7. The van der Waals surface area contributed by atoms with Crippen molar-refractivity contribution in [2.24, 2.45) is 0 Å². The maximum absolute atomic E-state index is 13.6. The van der Waals surface area contributed by atoms with Crippen LogP contribution in [0, 0.1) is 5.82 Å². The molecule has 2 aromatic heterocycles. The fourth-order valence-corrected chi connectivity index (χ4v) is 2.49. The Hall–Kier alpha value is -2.47. The molecule has 0 atom stereocenters. The van der Waals surface area contributed by atoms with Gasteiger partial charge in [0.15, 0.2) is 5.76 Å². The van der Waals surface area contributed by atoms with Gasteiger partial charge in [0.1, 0.15) is 11.5 Å². The van der Waals surface area contributed by atoms with Crippen molar-refractivity contribution in [3.8, 4) is 11.3 Å². The van der Waals surface area contributed by atoms with Crippen molar-refractivity contribution in [1.29, 1.82) is 0 Å². The molecule has 0 unspecified atom stereocenters. The van der Waals surface area contributed by atoms with Crippen molar-refractivity contribution < 1.29 is 13.7 Å². The molecule has 0 aliphatic rings. The molecule has 0 spiro atoms. The zero-order valence-electron chi connectivity index (χ0n) is 10.9. The van der Waals surface area contributed by atoms with Gasteiger partial charge in [0.2, 0.25) is 0 Å². The van der Waals surface area contributed by atoms with Gasteiger partial charge in [-0.1, -0.05) is 23.4 Å². The summed E-state index contributed by atoms with van der Waals surface area (Å²) in [7, 11) is 0. The maximum atomic E-state index is 13.6. The number of carbonyl (C=O) groups excluding carboxylic acids is 1. The Morgan fingerprint density at radius 2 is 2.14 bits per heavy atom. The van der Waals surface area contributed by atoms with E-state index in [1.165, 1.54) is 17.4 Å². The molecule has 106 valence electrons. The van der Waals surface area contributed by atoms with Crippen molar-refractivity contribution in [3.05, 3.63) is 64.2 Å². The van der Waals surface area contributed by atoms with Gasteiger partial charge in [-0.25, -0.2) is 4.39 Å². The summed E-state index contributed by atoms with van der Waals surface area (Å²) in [6, 6.07) is 11.5. The first-order chi connectivity index (χ1) is 10.2. The Labute approximate surface area is 124 Å². The van der Waals surface area contributed by atoms with Crippen molar-refractivity contribution in [2.75, 3.05) is 0 Å². The second-order valence-corrected chi connectivity index (χ2v) is 5.27. The van der Waals surface area contributed by atoms with E-state index < -0.39 is 0 Å². The van der Waals surface area contributed by atoms with Gasteiger partial charge < -0.3 is 9.84 Å². The Morgan fingerprint density at radius 3 is 2.90 bits per heavy atom. The largest absolute Gasteiger partial charge is 0.356 e. The number of aromatic nitrogens is 1. The summed E-state index contributed by atoms with van der Waals surface area (Å²) < 4.78 is 18.7. The summed E-state index contributed by atoms with van der Waals surface area (Å²) in [5.74, 6) is -0.197. The summed E-state index contributed by atoms with van der Waals surface area (Å²) in [6.45, 7) is 0.231. The smallest absolute Gasteiger partial charge is 0.261 e. The number of rotatable bonds is 4. The van der Waals surface area contributed by atoms with Crippen molar-refractivity contribution >= 4 is 17.2 Å². The lowest BCUT2D eigenvalue weighted by Crippen LogP contribution is -2.21. The molecule has 21 heavy (non-hydrogen) atoms. The van der Waals surface area contributed by atoms with Crippen LogP contribution in [0.1, 0.15) is 15.4 Å². The van der Waals surface area contributed by atoms with Crippen LogP contribution in [0.2, 0.25) is 0 Å². The molecule has 1 aromatic carbocycles. The first-order valence-corrected chi connectivity index (χ1v) is 7.14. The van der Waals surface area contributed by atoms with E-state index in [1.54, 1.807) is 30.3 Å². The predicted molar refractivity (Wildman–Crippen MR) is 77.4 cm³/mol. The fourth-order valence-electron chi connectivity index (χ4n) is 1.85. The van der Waals surface area contributed by atoms with E-state index in [0.29, 0.717) is 21.9 Å². The van der Waals surface area contributed by atoms with Crippen LogP contribution >= 0.6 is 11.3 Å². The topological polar surface area (TPSA) is 55.1 Å². The van der Waals surface area contributed by atoms with E-state index in [4.69, 9.17) is 4.52 Å². The van der Waals surface area contributed by atoms with Gasteiger partial charge in [-0.05, 0) is 23.6 Å². The third kappa shape index (κ3) is 3.00. The first-order valence-electron chi connectivity index (χ1n) is 6.26. The summed E-state index contributed by atoms with van der Waals surface area (Å²) in [4.78, 5) is 12.4. The molecular formula is C15H11FN2O2S. The molecular weight excluding hydrogens is 291 g/mol. The lowest BCUT2D eigenvalue weighted by molar-refractivity contribution is 0.0954. The standard InChI is InChI=1S/C15H11FN2O2S/c16-12-5-2-1-4-11(12)13-8-10(18-20-13)9-17-15(19)14-6-3-7-21-14/h1-8H,9H2,(H,17,19). The van der Waals surface area contributed by atoms with Gasteiger partial charge in [-0.15, -0.1) is 11.3 Å². The monoisotopic (exact) mass is 302 g/mol. The van der Waals surface area contributed by atoms with Crippen LogP contribution in [0.25, 0.3) is 11.3 Å². The summed E-state index contributed by atoms with van der Waals surface area (Å²) in [5, 5.41) is 8.40. The Morgan fingerprint density at radius 1 is 1.29 bits per heavy atom. The quantitative estimate of drug-likeness (QED) is 0.803. The van der Waals surface area contributed by atoms with Crippen LogP contribution < -0.4 is 5.32 Å². The highest BCUT2D eigenvalue weighted by Gasteiger charge is 2.12. The molecule has 0 bridgehead atoms. The Bertz CT molecular complexity index is 753. The third-order valence-electron chi connectivity index (χ3n) is 2.87. The second-order valence-electron chi connectivity index (χ2n) is 4.32. The third-order valence-corrected chi connectivity index (χ3v) is 3.74. The van der Waals surface area contributed by atoms with Gasteiger partial charge in [0.05, 0.1) is 17.0 Å². The normalized spacial score (nSPS) is 10.5. The van der Waals surface area contributed by atoms with Gasteiger partial charge in [0.25, 0.3) is 5.91 Å². The summed E-state index contributed by atoms with van der Waals surface area (Å²) in [6.07, 6.45) is 0. The number of benzene rings is 1. The van der Waals surface area contributed by atoms with E-state index in [0.717, 1.165) is 0 Å².